The zero-order valence-corrected chi connectivity index (χ0v) is 18.2. The van der Waals surface area contributed by atoms with Crippen LogP contribution in [-0.2, 0) is 16.1 Å². The van der Waals surface area contributed by atoms with Gasteiger partial charge in [0, 0.05) is 25.2 Å². The third-order valence-corrected chi connectivity index (χ3v) is 5.10. The minimum atomic E-state index is -0.177. The normalized spacial score (nSPS) is 11.8. The lowest BCUT2D eigenvalue weighted by Gasteiger charge is -2.29. The Morgan fingerprint density at radius 3 is 2.42 bits per heavy atom. The molecule has 4 heteroatoms. The first-order valence-electron chi connectivity index (χ1n) is 10.4. The number of hydrogen-bond acceptors (Lipinski definition) is 2. The van der Waals surface area contributed by atoms with Crippen molar-refractivity contribution in [2.45, 2.75) is 33.4 Å². The molecule has 3 rings (SSSR count). The second-order valence-corrected chi connectivity index (χ2v) is 7.68. The van der Waals surface area contributed by atoms with Crippen LogP contribution in [0.5, 0.6) is 0 Å². The summed E-state index contributed by atoms with van der Waals surface area (Å²) in [5.41, 5.74) is 4.88. The number of rotatable bonds is 7. The van der Waals surface area contributed by atoms with E-state index < -0.39 is 0 Å². The quantitative estimate of drug-likeness (QED) is 0.502. The third-order valence-electron chi connectivity index (χ3n) is 5.10. The molecule has 0 aromatic heterocycles. The van der Waals surface area contributed by atoms with Gasteiger partial charge in [-0.05, 0) is 48.7 Å². The summed E-state index contributed by atoms with van der Waals surface area (Å²) in [7, 11) is 0. The van der Waals surface area contributed by atoms with Gasteiger partial charge in [0.05, 0.1) is 6.04 Å². The molecule has 1 atom stereocenters. The van der Waals surface area contributed by atoms with E-state index in [1.807, 2.05) is 104 Å². The van der Waals surface area contributed by atoms with Gasteiger partial charge in [-0.1, -0.05) is 72.3 Å². The maximum Gasteiger partial charge on any atom is 0.247 e. The summed E-state index contributed by atoms with van der Waals surface area (Å²) in [6, 6.07) is 25.5. The van der Waals surface area contributed by atoms with Crippen LogP contribution in [0.15, 0.2) is 84.9 Å². The lowest BCUT2D eigenvalue weighted by Crippen LogP contribution is -2.31. The molecule has 4 nitrogen and oxygen atoms in total. The van der Waals surface area contributed by atoms with Gasteiger partial charge >= 0.3 is 0 Å². The molecular formula is C27H28N2O2. The monoisotopic (exact) mass is 412 g/mol. The fourth-order valence-electron chi connectivity index (χ4n) is 3.48. The molecule has 0 bridgehead atoms. The third kappa shape index (κ3) is 6.41. The predicted octanol–water partition coefficient (Wildman–Crippen LogP) is 5.76. The number of carbonyl (C=O) groups excluding carboxylic acids is 2. The van der Waals surface area contributed by atoms with E-state index in [4.69, 9.17) is 0 Å². The molecule has 31 heavy (non-hydrogen) atoms. The maximum absolute atomic E-state index is 13.3. The van der Waals surface area contributed by atoms with Gasteiger partial charge in [-0.25, -0.2) is 0 Å². The molecule has 0 fully saturated rings. The second kappa shape index (κ2) is 10.4. The molecule has 0 saturated carbocycles. The van der Waals surface area contributed by atoms with E-state index in [1.54, 1.807) is 6.08 Å². The Bertz CT molecular complexity index is 1070. The van der Waals surface area contributed by atoms with Gasteiger partial charge < -0.3 is 10.2 Å². The van der Waals surface area contributed by atoms with Crippen LogP contribution in [0.1, 0.15) is 42.1 Å². The highest BCUT2D eigenvalue weighted by atomic mass is 16.2. The van der Waals surface area contributed by atoms with Crippen LogP contribution in [-0.4, -0.2) is 16.7 Å². The number of anilines is 1. The van der Waals surface area contributed by atoms with E-state index in [-0.39, 0.29) is 17.9 Å². The van der Waals surface area contributed by atoms with Crippen LogP contribution >= 0.6 is 0 Å². The lowest BCUT2D eigenvalue weighted by molar-refractivity contribution is -0.128. The first kappa shape index (κ1) is 22.0. The zero-order chi connectivity index (χ0) is 22.2. The first-order chi connectivity index (χ1) is 14.9. The number of hydrogen-bond donors (Lipinski definition) is 1. The van der Waals surface area contributed by atoms with E-state index in [0.29, 0.717) is 6.54 Å². The SMILES string of the molecule is CC(=O)Nc1cccc(C(C)N(Cc2ccccc2)C(=O)/C=C/c2cccc(C)c2)c1. The number of amides is 2. The summed E-state index contributed by atoms with van der Waals surface area (Å²) in [5.74, 6) is -0.189. The molecule has 3 aromatic carbocycles. The van der Waals surface area contributed by atoms with E-state index in [0.717, 1.165) is 27.9 Å². The summed E-state index contributed by atoms with van der Waals surface area (Å²) in [6.45, 7) is 6.01. The van der Waals surface area contributed by atoms with Crippen molar-refractivity contribution in [1.29, 1.82) is 0 Å². The fraction of sp³-hybridized carbons (Fsp3) is 0.185. The number of benzene rings is 3. The molecule has 0 spiro atoms. The summed E-state index contributed by atoms with van der Waals surface area (Å²) < 4.78 is 0. The lowest BCUT2D eigenvalue weighted by atomic mass is 10.0. The second-order valence-electron chi connectivity index (χ2n) is 7.68. The summed E-state index contributed by atoms with van der Waals surface area (Å²) >= 11 is 0. The largest absolute Gasteiger partial charge is 0.328 e. The van der Waals surface area contributed by atoms with Crippen molar-refractivity contribution in [2.24, 2.45) is 0 Å². The highest BCUT2D eigenvalue weighted by molar-refractivity contribution is 5.92. The van der Waals surface area contributed by atoms with Crippen molar-refractivity contribution in [3.05, 3.63) is 107 Å². The van der Waals surface area contributed by atoms with Gasteiger partial charge in [0.25, 0.3) is 0 Å². The van der Waals surface area contributed by atoms with Crippen molar-refractivity contribution < 1.29 is 9.59 Å². The first-order valence-corrected chi connectivity index (χ1v) is 10.4. The van der Waals surface area contributed by atoms with Crippen LogP contribution < -0.4 is 5.32 Å². The van der Waals surface area contributed by atoms with Gasteiger partial charge in [0.1, 0.15) is 0 Å². The molecule has 0 heterocycles. The molecule has 0 saturated heterocycles. The van der Waals surface area contributed by atoms with Gasteiger partial charge in [0.15, 0.2) is 0 Å². The van der Waals surface area contributed by atoms with Crippen molar-refractivity contribution in [1.82, 2.24) is 4.90 Å². The molecule has 1 N–H and O–H groups in total. The van der Waals surface area contributed by atoms with Gasteiger partial charge in [0.2, 0.25) is 11.8 Å². The average Bonchev–Trinajstić information content (AvgIpc) is 2.76. The molecular weight excluding hydrogens is 384 g/mol. The molecule has 3 aromatic rings. The van der Waals surface area contributed by atoms with Gasteiger partial charge in [-0.15, -0.1) is 0 Å². The van der Waals surface area contributed by atoms with Crippen molar-refractivity contribution in [3.63, 3.8) is 0 Å². The summed E-state index contributed by atoms with van der Waals surface area (Å²) in [6.07, 6.45) is 3.49. The van der Waals surface area contributed by atoms with Gasteiger partial charge in [-0.2, -0.15) is 0 Å². The smallest absolute Gasteiger partial charge is 0.247 e. The highest BCUT2D eigenvalue weighted by Crippen LogP contribution is 2.25. The molecule has 0 aliphatic heterocycles. The van der Waals surface area contributed by atoms with E-state index in [1.165, 1.54) is 6.92 Å². The molecule has 2 amide bonds. The molecule has 0 aliphatic carbocycles. The minimum absolute atomic E-state index is 0.0669. The standard InChI is InChI=1S/C27H28N2O2/c1-20-9-7-12-23(17-20)15-16-27(31)29(19-24-10-5-4-6-11-24)21(2)25-13-8-14-26(18-25)28-22(3)30/h4-18,21H,19H2,1-3H3,(H,28,30)/b16-15+. The molecule has 158 valence electrons. The van der Waals surface area contributed by atoms with Gasteiger partial charge in [-0.3, -0.25) is 9.59 Å². The average molecular weight is 413 g/mol. The number of nitrogens with one attached hydrogen (secondary N) is 1. The van der Waals surface area contributed by atoms with E-state index in [2.05, 4.69) is 5.32 Å². The number of nitrogens with zero attached hydrogens (tertiary/aromatic N) is 1. The Balaban J connectivity index is 1.88. The van der Waals surface area contributed by atoms with Crippen LogP contribution in [0.4, 0.5) is 5.69 Å². The van der Waals surface area contributed by atoms with Crippen LogP contribution in [0.2, 0.25) is 0 Å². The maximum atomic E-state index is 13.3. The number of aryl methyl sites for hydroxylation is 1. The molecule has 1 unspecified atom stereocenters. The zero-order valence-electron chi connectivity index (χ0n) is 18.2. The topological polar surface area (TPSA) is 49.4 Å². The van der Waals surface area contributed by atoms with Crippen LogP contribution in [0, 0.1) is 6.92 Å². The summed E-state index contributed by atoms with van der Waals surface area (Å²) in [4.78, 5) is 26.5. The van der Waals surface area contributed by atoms with E-state index in [9.17, 15) is 9.59 Å². The Hall–Kier alpha value is -3.66. The Kier molecular flexibility index (Phi) is 7.39. The Morgan fingerprint density at radius 1 is 0.968 bits per heavy atom. The minimum Gasteiger partial charge on any atom is -0.328 e. The summed E-state index contributed by atoms with van der Waals surface area (Å²) in [5, 5.41) is 2.81. The molecule has 0 aliphatic rings. The molecule has 0 radical (unpaired) electrons. The Labute approximate surface area is 184 Å². The van der Waals surface area contributed by atoms with Crippen LogP contribution in [0.25, 0.3) is 6.08 Å². The van der Waals surface area contributed by atoms with E-state index >= 15 is 0 Å². The highest BCUT2D eigenvalue weighted by Gasteiger charge is 2.20. The predicted molar refractivity (Wildman–Crippen MR) is 126 cm³/mol. The van der Waals surface area contributed by atoms with Crippen LogP contribution in [0.3, 0.4) is 0 Å². The van der Waals surface area contributed by atoms with Crippen molar-refractivity contribution >= 4 is 23.6 Å². The Morgan fingerprint density at radius 2 is 1.71 bits per heavy atom. The van der Waals surface area contributed by atoms with Crippen molar-refractivity contribution in [3.8, 4) is 0 Å². The van der Waals surface area contributed by atoms with Crippen molar-refractivity contribution in [2.75, 3.05) is 5.32 Å². The number of carbonyl (C=O) groups is 2. The fourth-order valence-corrected chi connectivity index (χ4v) is 3.48.